The molecule has 0 radical (unpaired) electrons. The molecule has 0 atom stereocenters. The van der Waals surface area contributed by atoms with Gasteiger partial charge in [-0.25, -0.2) is 8.78 Å². The Balaban J connectivity index is 1.73. The second-order valence-electron chi connectivity index (χ2n) is 6.90. The van der Waals surface area contributed by atoms with Crippen LogP contribution in [0.3, 0.4) is 0 Å². The zero-order valence-corrected chi connectivity index (χ0v) is 14.7. The van der Waals surface area contributed by atoms with Crippen molar-refractivity contribution in [3.63, 3.8) is 0 Å². The molecule has 3 nitrogen and oxygen atoms in total. The highest BCUT2D eigenvalue weighted by atomic mass is 19.2. The van der Waals surface area contributed by atoms with Crippen molar-refractivity contribution in [3.05, 3.63) is 59.7 Å². The molecule has 0 aliphatic carbocycles. The lowest BCUT2D eigenvalue weighted by atomic mass is 9.87. The van der Waals surface area contributed by atoms with E-state index in [0.717, 1.165) is 17.9 Å². The van der Waals surface area contributed by atoms with E-state index in [2.05, 4.69) is 26.1 Å². The van der Waals surface area contributed by atoms with Gasteiger partial charge in [0.15, 0.2) is 11.6 Å². The van der Waals surface area contributed by atoms with E-state index in [1.54, 1.807) is 0 Å². The molecule has 2 aromatic rings. The van der Waals surface area contributed by atoms with Gasteiger partial charge in [0.25, 0.3) is 0 Å². The van der Waals surface area contributed by atoms with Gasteiger partial charge in [0.1, 0.15) is 5.75 Å². The summed E-state index contributed by atoms with van der Waals surface area (Å²) in [5.74, 6) is -1.43. The lowest BCUT2D eigenvalue weighted by molar-refractivity contribution is -0.116. The first kappa shape index (κ1) is 18.9. The zero-order valence-electron chi connectivity index (χ0n) is 14.7. The van der Waals surface area contributed by atoms with Crippen LogP contribution in [0, 0.1) is 11.6 Å². The number of halogens is 2. The van der Waals surface area contributed by atoms with Crippen molar-refractivity contribution >= 4 is 11.6 Å². The first-order chi connectivity index (χ1) is 11.8. The van der Waals surface area contributed by atoms with Crippen molar-refractivity contribution in [2.45, 2.75) is 39.0 Å². The van der Waals surface area contributed by atoms with Crippen LogP contribution in [-0.4, -0.2) is 12.5 Å². The monoisotopic (exact) mass is 347 g/mol. The molecule has 1 amide bonds. The van der Waals surface area contributed by atoms with Crippen LogP contribution in [0.4, 0.5) is 14.5 Å². The standard InChI is InChI=1S/C20H23F2NO2/c1-20(2,3)14-6-9-16(10-7-14)25-12-4-5-19(24)23-15-8-11-17(21)18(22)13-15/h6-11,13H,4-5,12H2,1-3H3,(H,23,24). The normalized spacial score (nSPS) is 11.2. The Bertz CT molecular complexity index is 721. The van der Waals surface area contributed by atoms with E-state index in [-0.39, 0.29) is 23.4 Å². The lowest BCUT2D eigenvalue weighted by Gasteiger charge is -2.19. The fraction of sp³-hybridized carbons (Fsp3) is 0.350. The lowest BCUT2D eigenvalue weighted by Crippen LogP contribution is -2.13. The Morgan fingerprint density at radius 2 is 1.72 bits per heavy atom. The molecule has 134 valence electrons. The van der Waals surface area contributed by atoms with Gasteiger partial charge in [-0.2, -0.15) is 0 Å². The van der Waals surface area contributed by atoms with Crippen LogP contribution in [0.15, 0.2) is 42.5 Å². The van der Waals surface area contributed by atoms with Crippen molar-refractivity contribution in [2.75, 3.05) is 11.9 Å². The molecule has 0 bridgehead atoms. The number of anilines is 1. The number of carbonyl (C=O) groups is 1. The van der Waals surface area contributed by atoms with Crippen molar-refractivity contribution in [3.8, 4) is 5.75 Å². The Kier molecular flexibility index (Phi) is 6.12. The van der Waals surface area contributed by atoms with Gasteiger partial charge in [-0.3, -0.25) is 4.79 Å². The van der Waals surface area contributed by atoms with Crippen LogP contribution in [0.1, 0.15) is 39.2 Å². The summed E-state index contributed by atoms with van der Waals surface area (Å²) >= 11 is 0. The molecular weight excluding hydrogens is 324 g/mol. The number of ether oxygens (including phenoxy) is 1. The van der Waals surface area contributed by atoms with E-state index in [9.17, 15) is 13.6 Å². The highest BCUT2D eigenvalue weighted by molar-refractivity contribution is 5.90. The predicted octanol–water partition coefficient (Wildman–Crippen LogP) is 5.06. The Morgan fingerprint density at radius 1 is 1.04 bits per heavy atom. The minimum absolute atomic E-state index is 0.0937. The molecule has 0 aromatic heterocycles. The Morgan fingerprint density at radius 3 is 2.32 bits per heavy atom. The third-order valence-electron chi connectivity index (χ3n) is 3.74. The smallest absolute Gasteiger partial charge is 0.224 e. The Hall–Kier alpha value is -2.43. The molecule has 0 saturated heterocycles. The number of hydrogen-bond acceptors (Lipinski definition) is 2. The fourth-order valence-corrected chi connectivity index (χ4v) is 2.27. The Labute approximate surface area is 147 Å². The van der Waals surface area contributed by atoms with E-state index in [0.29, 0.717) is 13.0 Å². The quantitative estimate of drug-likeness (QED) is 0.742. The van der Waals surface area contributed by atoms with Crippen LogP contribution in [0.2, 0.25) is 0 Å². The largest absolute Gasteiger partial charge is 0.494 e. The maximum Gasteiger partial charge on any atom is 0.224 e. The maximum atomic E-state index is 13.1. The first-order valence-corrected chi connectivity index (χ1v) is 8.24. The summed E-state index contributed by atoms with van der Waals surface area (Å²) in [5.41, 5.74) is 1.56. The molecule has 0 unspecified atom stereocenters. The van der Waals surface area contributed by atoms with E-state index in [1.807, 2.05) is 24.3 Å². The summed E-state index contributed by atoms with van der Waals surface area (Å²) in [7, 11) is 0. The van der Waals surface area contributed by atoms with Gasteiger partial charge in [0, 0.05) is 18.2 Å². The van der Waals surface area contributed by atoms with E-state index < -0.39 is 11.6 Å². The number of benzene rings is 2. The van der Waals surface area contributed by atoms with E-state index >= 15 is 0 Å². The molecule has 1 N–H and O–H groups in total. The average Bonchev–Trinajstić information content (AvgIpc) is 2.55. The molecular formula is C20H23F2NO2. The summed E-state index contributed by atoms with van der Waals surface area (Å²) in [4.78, 5) is 11.8. The van der Waals surface area contributed by atoms with Gasteiger partial charge < -0.3 is 10.1 Å². The minimum Gasteiger partial charge on any atom is -0.494 e. The molecule has 5 heteroatoms. The summed E-state index contributed by atoms with van der Waals surface area (Å²) in [6.45, 7) is 6.84. The molecule has 2 rings (SSSR count). The van der Waals surface area contributed by atoms with Gasteiger partial charge in [0.05, 0.1) is 6.61 Å². The summed E-state index contributed by atoms with van der Waals surface area (Å²) in [6.07, 6.45) is 0.760. The molecule has 0 aliphatic rings. The van der Waals surface area contributed by atoms with Crippen molar-refractivity contribution in [1.82, 2.24) is 0 Å². The third-order valence-corrected chi connectivity index (χ3v) is 3.74. The van der Waals surface area contributed by atoms with Crippen molar-refractivity contribution in [1.29, 1.82) is 0 Å². The van der Waals surface area contributed by atoms with Crippen LogP contribution in [-0.2, 0) is 10.2 Å². The fourth-order valence-electron chi connectivity index (χ4n) is 2.27. The van der Waals surface area contributed by atoms with E-state index in [1.165, 1.54) is 11.6 Å². The molecule has 0 heterocycles. The third kappa shape index (κ3) is 5.85. The zero-order chi connectivity index (χ0) is 18.4. The molecule has 25 heavy (non-hydrogen) atoms. The van der Waals surface area contributed by atoms with Crippen LogP contribution in [0.25, 0.3) is 0 Å². The van der Waals surface area contributed by atoms with Crippen molar-refractivity contribution in [2.24, 2.45) is 0 Å². The molecule has 0 spiro atoms. The average molecular weight is 347 g/mol. The second-order valence-corrected chi connectivity index (χ2v) is 6.90. The number of rotatable bonds is 6. The number of carbonyl (C=O) groups excluding carboxylic acids is 1. The van der Waals surface area contributed by atoms with Gasteiger partial charge in [0.2, 0.25) is 5.91 Å². The van der Waals surface area contributed by atoms with Crippen LogP contribution < -0.4 is 10.1 Å². The number of nitrogens with one attached hydrogen (secondary N) is 1. The minimum atomic E-state index is -0.986. The van der Waals surface area contributed by atoms with Crippen LogP contribution >= 0.6 is 0 Å². The summed E-state index contributed by atoms with van der Waals surface area (Å²) in [5, 5.41) is 2.53. The molecule has 0 saturated carbocycles. The highest BCUT2D eigenvalue weighted by Gasteiger charge is 2.13. The van der Waals surface area contributed by atoms with Crippen LogP contribution in [0.5, 0.6) is 5.75 Å². The van der Waals surface area contributed by atoms with Gasteiger partial charge in [-0.1, -0.05) is 32.9 Å². The van der Waals surface area contributed by atoms with E-state index in [4.69, 9.17) is 4.74 Å². The predicted molar refractivity (Wildman–Crippen MR) is 94.9 cm³/mol. The highest BCUT2D eigenvalue weighted by Crippen LogP contribution is 2.24. The van der Waals surface area contributed by atoms with Gasteiger partial charge >= 0.3 is 0 Å². The second kappa shape index (κ2) is 8.10. The maximum absolute atomic E-state index is 13.1. The first-order valence-electron chi connectivity index (χ1n) is 8.24. The van der Waals surface area contributed by atoms with Crippen molar-refractivity contribution < 1.29 is 18.3 Å². The summed E-state index contributed by atoms with van der Waals surface area (Å²) < 4.78 is 31.5. The summed E-state index contributed by atoms with van der Waals surface area (Å²) in [6, 6.07) is 11.2. The number of amides is 1. The number of hydrogen-bond donors (Lipinski definition) is 1. The molecule has 0 aliphatic heterocycles. The molecule has 2 aromatic carbocycles. The topological polar surface area (TPSA) is 38.3 Å². The SMILES string of the molecule is CC(C)(C)c1ccc(OCCCC(=O)Nc2ccc(F)c(F)c2)cc1. The van der Waals surface area contributed by atoms with Gasteiger partial charge in [-0.05, 0) is 41.7 Å². The molecule has 0 fully saturated rings. The van der Waals surface area contributed by atoms with Gasteiger partial charge in [-0.15, -0.1) is 0 Å².